The molecule has 0 unspecified atom stereocenters. The highest BCUT2D eigenvalue weighted by Crippen LogP contribution is 2.38. The smallest absolute Gasteiger partial charge is 0.407 e. The van der Waals surface area contributed by atoms with Crippen molar-refractivity contribution in [1.29, 1.82) is 0 Å². The van der Waals surface area contributed by atoms with Gasteiger partial charge < -0.3 is 5.11 Å². The van der Waals surface area contributed by atoms with Crippen LogP contribution in [0.15, 0.2) is 71.8 Å². The summed E-state index contributed by atoms with van der Waals surface area (Å²) in [5.41, 5.74) is 2.20. The number of amides is 1. The van der Waals surface area contributed by atoms with Gasteiger partial charge in [0.2, 0.25) is 0 Å². The Kier molecular flexibility index (Phi) is 7.99. The quantitative estimate of drug-likeness (QED) is 0.416. The average molecular weight is 555 g/mol. The van der Waals surface area contributed by atoms with Crippen molar-refractivity contribution in [2.75, 3.05) is 24.4 Å². The number of sulfonamides is 1. The second-order valence-electron chi connectivity index (χ2n) is 11.3. The maximum absolute atomic E-state index is 13.1. The Hall–Kier alpha value is -3.50. The van der Waals surface area contributed by atoms with Crippen LogP contribution in [0.4, 0.5) is 14.9 Å². The molecule has 1 aliphatic rings. The molecule has 8 nitrogen and oxygen atoms in total. The number of benzene rings is 2. The third-order valence-electron chi connectivity index (χ3n) is 7.63. The van der Waals surface area contributed by atoms with E-state index in [1.807, 2.05) is 19.1 Å². The van der Waals surface area contributed by atoms with Gasteiger partial charge in [0.1, 0.15) is 10.7 Å². The van der Waals surface area contributed by atoms with Gasteiger partial charge in [-0.25, -0.2) is 17.6 Å². The lowest BCUT2D eigenvalue weighted by Crippen LogP contribution is -2.67. The van der Waals surface area contributed by atoms with E-state index in [9.17, 15) is 22.7 Å². The Morgan fingerprint density at radius 2 is 1.67 bits per heavy atom. The second kappa shape index (κ2) is 10.9. The molecule has 4 rings (SSSR count). The molecular formula is C29H35FN4O4S. The molecule has 1 aliphatic heterocycles. The number of halogens is 1. The molecule has 1 amide bonds. The number of pyridine rings is 1. The first-order valence-electron chi connectivity index (χ1n) is 12.8. The highest BCUT2D eigenvalue weighted by Gasteiger charge is 2.48. The number of aromatic nitrogens is 1. The van der Waals surface area contributed by atoms with Crippen molar-refractivity contribution >= 4 is 21.8 Å². The van der Waals surface area contributed by atoms with Gasteiger partial charge in [-0.2, -0.15) is 0 Å². The van der Waals surface area contributed by atoms with Crippen molar-refractivity contribution in [1.82, 2.24) is 14.8 Å². The fourth-order valence-electron chi connectivity index (χ4n) is 4.81. The number of piperazine rings is 1. The minimum absolute atomic E-state index is 0.0483. The van der Waals surface area contributed by atoms with Crippen LogP contribution < -0.4 is 4.72 Å². The molecule has 1 atom stereocenters. The normalized spacial score (nSPS) is 18.6. The van der Waals surface area contributed by atoms with Gasteiger partial charge in [0.25, 0.3) is 10.0 Å². The number of nitrogens with zero attached hydrogens (tertiary/aromatic N) is 3. The van der Waals surface area contributed by atoms with Gasteiger partial charge in [-0.15, -0.1) is 0 Å². The Bertz CT molecular complexity index is 1410. The van der Waals surface area contributed by atoms with Gasteiger partial charge in [0.05, 0.1) is 5.54 Å². The molecule has 1 fully saturated rings. The van der Waals surface area contributed by atoms with Crippen LogP contribution in [0.1, 0.15) is 44.5 Å². The largest absolute Gasteiger partial charge is 0.465 e. The van der Waals surface area contributed by atoms with E-state index in [0.717, 1.165) is 11.1 Å². The first-order chi connectivity index (χ1) is 18.3. The predicted molar refractivity (Wildman–Crippen MR) is 149 cm³/mol. The first kappa shape index (κ1) is 28.5. The van der Waals surface area contributed by atoms with Crippen molar-refractivity contribution in [3.05, 3.63) is 89.5 Å². The zero-order valence-electron chi connectivity index (χ0n) is 22.7. The predicted octanol–water partition coefficient (Wildman–Crippen LogP) is 5.21. The van der Waals surface area contributed by atoms with Gasteiger partial charge in [-0.1, -0.05) is 45.0 Å². The monoisotopic (exact) mass is 554 g/mol. The molecule has 0 aliphatic carbocycles. The molecule has 3 aromatic rings. The number of carboxylic acid groups (broad SMARTS) is 1. The van der Waals surface area contributed by atoms with E-state index in [2.05, 4.69) is 35.4 Å². The van der Waals surface area contributed by atoms with Crippen LogP contribution in [0.5, 0.6) is 0 Å². The maximum Gasteiger partial charge on any atom is 0.407 e. The van der Waals surface area contributed by atoms with E-state index in [4.69, 9.17) is 0 Å². The Labute approximate surface area is 229 Å². The molecule has 0 saturated carbocycles. The molecule has 0 bridgehead atoms. The van der Waals surface area contributed by atoms with Gasteiger partial charge in [-0.3, -0.25) is 19.5 Å². The maximum atomic E-state index is 13.1. The Balaban J connectivity index is 1.38. The van der Waals surface area contributed by atoms with Gasteiger partial charge in [0.15, 0.2) is 0 Å². The van der Waals surface area contributed by atoms with Crippen LogP contribution in [0.2, 0.25) is 0 Å². The van der Waals surface area contributed by atoms with E-state index in [-0.39, 0.29) is 16.1 Å². The summed E-state index contributed by atoms with van der Waals surface area (Å²) in [6.07, 6.45) is 0.885. The van der Waals surface area contributed by atoms with Crippen LogP contribution in [-0.2, 0) is 23.0 Å². The second-order valence-corrected chi connectivity index (χ2v) is 12.9. The summed E-state index contributed by atoms with van der Waals surface area (Å²) in [4.78, 5) is 20.0. The number of nitrogens with one attached hydrogen (secondary N) is 1. The minimum Gasteiger partial charge on any atom is -0.465 e. The molecule has 1 aromatic heterocycles. The third-order valence-corrected chi connectivity index (χ3v) is 9.00. The minimum atomic E-state index is -3.83. The topological polar surface area (TPSA) is 103 Å². The van der Waals surface area contributed by atoms with Crippen molar-refractivity contribution < 1.29 is 22.7 Å². The molecule has 10 heteroatoms. The van der Waals surface area contributed by atoms with Crippen LogP contribution in [-0.4, -0.2) is 59.6 Å². The average Bonchev–Trinajstić information content (AvgIpc) is 2.86. The lowest BCUT2D eigenvalue weighted by molar-refractivity contribution is -0.0462. The summed E-state index contributed by atoms with van der Waals surface area (Å²) in [5, 5.41) is 9.74. The molecule has 208 valence electrons. The zero-order chi connectivity index (χ0) is 28.4. The lowest BCUT2D eigenvalue weighted by Gasteiger charge is -2.54. The third kappa shape index (κ3) is 6.57. The summed E-state index contributed by atoms with van der Waals surface area (Å²) in [7, 11) is -3.83. The molecule has 2 aromatic carbocycles. The van der Waals surface area contributed by atoms with Crippen LogP contribution in [0, 0.1) is 11.2 Å². The van der Waals surface area contributed by atoms with E-state index in [0.29, 0.717) is 44.0 Å². The van der Waals surface area contributed by atoms with Crippen molar-refractivity contribution in [2.24, 2.45) is 5.41 Å². The first-order valence-corrected chi connectivity index (χ1v) is 14.3. The van der Waals surface area contributed by atoms with Gasteiger partial charge >= 0.3 is 6.09 Å². The zero-order valence-corrected chi connectivity index (χ0v) is 23.5. The number of carbonyl (C=O) groups is 1. The van der Waals surface area contributed by atoms with E-state index >= 15 is 0 Å². The summed E-state index contributed by atoms with van der Waals surface area (Å²) in [6, 6.07) is 16.5. The molecule has 0 radical (unpaired) electrons. The van der Waals surface area contributed by atoms with Gasteiger partial charge in [-0.05, 0) is 59.9 Å². The number of anilines is 1. The standard InChI is InChI=1S/C29H35FN4O4S/c1-28(2,3)29(4)20-33(15-16-34(29)27(35)36)19-22-7-11-24(12-8-22)32-39(37,38)26-14-13-25(31-18-26)17-21-5-9-23(30)10-6-21/h5-14,18,32H,15-17,19-20H2,1-4H3,(H,35,36)/t29-/m1/s1. The SMILES string of the molecule is CC(C)(C)[C@@]1(C)CN(Cc2ccc(NS(=O)(=O)c3ccc(Cc4ccc(F)cc4)nc3)cc2)CCN1C(=O)O. The fraction of sp³-hybridized carbons (Fsp3) is 0.379. The highest BCUT2D eigenvalue weighted by atomic mass is 32.2. The van der Waals surface area contributed by atoms with Crippen molar-refractivity contribution in [3.8, 4) is 0 Å². The Morgan fingerprint density at radius 1 is 1.03 bits per heavy atom. The van der Waals surface area contributed by atoms with Crippen molar-refractivity contribution in [3.63, 3.8) is 0 Å². The molecule has 0 spiro atoms. The highest BCUT2D eigenvalue weighted by molar-refractivity contribution is 7.92. The lowest BCUT2D eigenvalue weighted by atomic mass is 9.72. The molecular weight excluding hydrogens is 519 g/mol. The fourth-order valence-corrected chi connectivity index (χ4v) is 5.81. The number of hydrogen-bond donors (Lipinski definition) is 2. The molecule has 1 saturated heterocycles. The summed E-state index contributed by atoms with van der Waals surface area (Å²) >= 11 is 0. The van der Waals surface area contributed by atoms with E-state index in [1.54, 1.807) is 35.2 Å². The number of rotatable bonds is 7. The van der Waals surface area contributed by atoms with Gasteiger partial charge in [0, 0.05) is 50.2 Å². The summed E-state index contributed by atoms with van der Waals surface area (Å²) < 4.78 is 41.5. The van der Waals surface area contributed by atoms with Crippen LogP contribution in [0.3, 0.4) is 0 Å². The van der Waals surface area contributed by atoms with Crippen molar-refractivity contribution in [2.45, 2.75) is 51.1 Å². The molecule has 39 heavy (non-hydrogen) atoms. The number of hydrogen-bond acceptors (Lipinski definition) is 5. The van der Waals surface area contributed by atoms with Crippen LogP contribution in [0.25, 0.3) is 0 Å². The molecule has 2 N–H and O–H groups in total. The molecule has 2 heterocycles. The summed E-state index contributed by atoms with van der Waals surface area (Å²) in [5.74, 6) is -0.311. The van der Waals surface area contributed by atoms with E-state index < -0.39 is 21.7 Å². The van der Waals surface area contributed by atoms with Crippen LogP contribution >= 0.6 is 0 Å². The Morgan fingerprint density at radius 3 is 2.23 bits per heavy atom. The summed E-state index contributed by atoms with van der Waals surface area (Å²) in [6.45, 7) is 10.4. The van der Waals surface area contributed by atoms with E-state index in [1.165, 1.54) is 24.4 Å².